The van der Waals surface area contributed by atoms with Crippen molar-refractivity contribution in [3.63, 3.8) is 0 Å². The van der Waals surface area contributed by atoms with E-state index in [2.05, 4.69) is 20.1 Å². The number of aliphatic hydroxyl groups is 1. The molecular formula is C33H47N3O6. The van der Waals surface area contributed by atoms with E-state index >= 15 is 0 Å². The molecule has 3 saturated heterocycles. The van der Waals surface area contributed by atoms with E-state index in [1.54, 1.807) is 26.9 Å². The lowest BCUT2D eigenvalue weighted by atomic mass is 9.66. The monoisotopic (exact) mass is 581 g/mol. The summed E-state index contributed by atoms with van der Waals surface area (Å²) in [5.41, 5.74) is -1.33. The van der Waals surface area contributed by atoms with E-state index in [4.69, 9.17) is 9.47 Å². The van der Waals surface area contributed by atoms with Crippen LogP contribution in [0.25, 0.3) is 0 Å². The van der Waals surface area contributed by atoms with Gasteiger partial charge in [0.25, 0.3) is 0 Å². The SMILES string of the molecule is C=CCN(CCCCC)C(=O)C1N(CCCO)C(=O)[C@@H]2[C@H](C(=O)N(CC=C)c3ccc(OCC)cc3)[C@]3(C)CCC12O3. The van der Waals surface area contributed by atoms with Crippen molar-refractivity contribution in [2.24, 2.45) is 11.8 Å². The molecule has 3 amide bonds. The van der Waals surface area contributed by atoms with Crippen LogP contribution in [0.15, 0.2) is 49.6 Å². The van der Waals surface area contributed by atoms with Gasteiger partial charge in [0.05, 0.1) is 24.0 Å². The fourth-order valence-electron chi connectivity index (χ4n) is 7.24. The molecule has 9 heteroatoms. The second-order valence-electron chi connectivity index (χ2n) is 11.8. The highest BCUT2D eigenvalue weighted by Crippen LogP contribution is 2.63. The molecule has 3 aliphatic rings. The number of hydrogen-bond donors (Lipinski definition) is 1. The molecular weight excluding hydrogens is 534 g/mol. The zero-order chi connectivity index (χ0) is 30.5. The molecule has 0 radical (unpaired) electrons. The standard InChI is InChI=1S/C33H47N3O6/c1-6-10-11-21-34(19-7-2)31(40)28-33-18-17-32(5,42-33)26(27(33)30(39)36(28)22-12-23-37)29(38)35(20-8-3)24-13-15-25(16-14-24)41-9-4/h7-8,13-16,26-28,37H,2-3,6,9-12,17-23H2,1,4-5H3/t26-,27+,28?,32+,33?/m1/s1. The molecule has 1 spiro atoms. The zero-order valence-electron chi connectivity index (χ0n) is 25.4. The summed E-state index contributed by atoms with van der Waals surface area (Å²) < 4.78 is 12.4. The Balaban J connectivity index is 1.72. The van der Waals surface area contributed by atoms with Crippen LogP contribution in [0.2, 0.25) is 0 Å². The van der Waals surface area contributed by atoms with Gasteiger partial charge in [-0.15, -0.1) is 13.2 Å². The van der Waals surface area contributed by atoms with Crippen LogP contribution in [-0.2, 0) is 19.1 Å². The van der Waals surface area contributed by atoms with Crippen LogP contribution in [0, 0.1) is 11.8 Å². The smallest absolute Gasteiger partial charge is 0.248 e. The number of carbonyl (C=O) groups excluding carboxylic acids is 3. The van der Waals surface area contributed by atoms with Gasteiger partial charge in [-0.05, 0) is 63.8 Å². The molecule has 1 aromatic carbocycles. The summed E-state index contributed by atoms with van der Waals surface area (Å²) in [4.78, 5) is 48.1. The van der Waals surface area contributed by atoms with E-state index in [9.17, 15) is 19.5 Å². The number of nitrogens with zero attached hydrogens (tertiary/aromatic N) is 3. The highest BCUT2D eigenvalue weighted by Gasteiger charge is 2.78. The Labute approximate surface area is 250 Å². The maximum atomic E-state index is 14.5. The first-order valence-corrected chi connectivity index (χ1v) is 15.4. The summed E-state index contributed by atoms with van der Waals surface area (Å²) in [6.07, 6.45) is 7.64. The minimum absolute atomic E-state index is 0.110. The average Bonchev–Trinajstić information content (AvgIpc) is 3.55. The van der Waals surface area contributed by atoms with Crippen LogP contribution in [0.3, 0.4) is 0 Å². The second-order valence-corrected chi connectivity index (χ2v) is 11.8. The third-order valence-corrected chi connectivity index (χ3v) is 9.06. The molecule has 2 unspecified atom stereocenters. The van der Waals surface area contributed by atoms with Crippen LogP contribution in [0.4, 0.5) is 5.69 Å². The van der Waals surface area contributed by atoms with Crippen molar-refractivity contribution in [2.45, 2.75) is 76.5 Å². The number of hydrogen-bond acceptors (Lipinski definition) is 6. The fraction of sp³-hybridized carbons (Fsp3) is 0.606. The van der Waals surface area contributed by atoms with Gasteiger partial charge < -0.3 is 29.3 Å². The molecule has 1 N–H and O–H groups in total. The summed E-state index contributed by atoms with van der Waals surface area (Å²) in [6.45, 7) is 15.5. The molecule has 5 atom stereocenters. The third-order valence-electron chi connectivity index (χ3n) is 9.06. The third kappa shape index (κ3) is 5.61. The quantitative estimate of drug-likeness (QED) is 0.234. The number of amides is 3. The Bertz CT molecular complexity index is 1150. The molecule has 1 aromatic rings. The number of ether oxygens (including phenoxy) is 2. The van der Waals surface area contributed by atoms with E-state index in [1.807, 2.05) is 38.1 Å². The lowest BCUT2D eigenvalue weighted by Crippen LogP contribution is -2.56. The van der Waals surface area contributed by atoms with Crippen molar-refractivity contribution in [3.8, 4) is 5.75 Å². The lowest BCUT2D eigenvalue weighted by Gasteiger charge is -2.37. The number of benzene rings is 1. The predicted molar refractivity (Wildman–Crippen MR) is 162 cm³/mol. The van der Waals surface area contributed by atoms with Gasteiger partial charge in [-0.1, -0.05) is 31.9 Å². The van der Waals surface area contributed by atoms with Gasteiger partial charge in [-0.25, -0.2) is 0 Å². The maximum Gasteiger partial charge on any atom is 0.248 e. The summed E-state index contributed by atoms with van der Waals surface area (Å²) >= 11 is 0. The number of unbranched alkanes of at least 4 members (excludes halogenated alkanes) is 2. The van der Waals surface area contributed by atoms with E-state index in [0.717, 1.165) is 19.3 Å². The average molecular weight is 582 g/mol. The lowest BCUT2D eigenvalue weighted by molar-refractivity contribution is -0.151. The number of likely N-dealkylation sites (tertiary alicyclic amines) is 1. The normalized spacial score (nSPS) is 27.6. The molecule has 3 aliphatic heterocycles. The van der Waals surface area contributed by atoms with Crippen LogP contribution < -0.4 is 9.64 Å². The topological polar surface area (TPSA) is 99.6 Å². The maximum absolute atomic E-state index is 14.5. The number of carbonyl (C=O) groups is 3. The largest absolute Gasteiger partial charge is 0.494 e. The highest BCUT2D eigenvalue weighted by atomic mass is 16.5. The van der Waals surface area contributed by atoms with Crippen LogP contribution in [0.5, 0.6) is 5.75 Å². The molecule has 9 nitrogen and oxygen atoms in total. The first kappa shape index (κ1) is 31.8. The number of anilines is 1. The van der Waals surface area contributed by atoms with Gasteiger partial charge in [0.1, 0.15) is 17.4 Å². The fourth-order valence-corrected chi connectivity index (χ4v) is 7.24. The molecule has 42 heavy (non-hydrogen) atoms. The van der Waals surface area contributed by atoms with E-state index in [-0.39, 0.29) is 37.4 Å². The minimum Gasteiger partial charge on any atom is -0.494 e. The van der Waals surface area contributed by atoms with Crippen molar-refractivity contribution in [1.82, 2.24) is 9.80 Å². The Morgan fingerprint density at radius 2 is 1.81 bits per heavy atom. The predicted octanol–water partition coefficient (Wildman–Crippen LogP) is 3.96. The molecule has 3 heterocycles. The van der Waals surface area contributed by atoms with Crippen molar-refractivity contribution in [3.05, 3.63) is 49.6 Å². The van der Waals surface area contributed by atoms with E-state index in [1.165, 1.54) is 0 Å². The number of fused-ring (bicyclic) bond motifs is 1. The summed E-state index contributed by atoms with van der Waals surface area (Å²) in [5.74, 6) is -1.51. The van der Waals surface area contributed by atoms with Gasteiger partial charge >= 0.3 is 0 Å². The van der Waals surface area contributed by atoms with E-state index < -0.39 is 29.1 Å². The van der Waals surface area contributed by atoms with Crippen LogP contribution in [-0.4, -0.2) is 89.3 Å². The van der Waals surface area contributed by atoms with Gasteiger partial charge in [0.2, 0.25) is 17.7 Å². The van der Waals surface area contributed by atoms with Crippen molar-refractivity contribution in [1.29, 1.82) is 0 Å². The summed E-state index contributed by atoms with van der Waals surface area (Å²) in [5, 5.41) is 9.64. The first-order valence-electron chi connectivity index (χ1n) is 15.4. The van der Waals surface area contributed by atoms with Crippen molar-refractivity contribution < 1.29 is 29.0 Å². The second kappa shape index (κ2) is 13.4. The van der Waals surface area contributed by atoms with Gasteiger partial charge in [-0.3, -0.25) is 14.4 Å². The molecule has 4 rings (SSSR count). The van der Waals surface area contributed by atoms with Crippen molar-refractivity contribution in [2.75, 3.05) is 44.3 Å². The molecule has 0 aliphatic carbocycles. The Morgan fingerprint density at radius 1 is 1.10 bits per heavy atom. The van der Waals surface area contributed by atoms with Crippen molar-refractivity contribution >= 4 is 23.4 Å². The Morgan fingerprint density at radius 3 is 2.43 bits per heavy atom. The van der Waals surface area contributed by atoms with Crippen LogP contribution >= 0.6 is 0 Å². The highest BCUT2D eigenvalue weighted by molar-refractivity contribution is 6.03. The molecule has 3 fully saturated rings. The molecule has 0 saturated carbocycles. The van der Waals surface area contributed by atoms with Gasteiger partial charge in [0, 0.05) is 38.5 Å². The summed E-state index contributed by atoms with van der Waals surface area (Å²) in [7, 11) is 0. The molecule has 0 aromatic heterocycles. The molecule has 2 bridgehead atoms. The summed E-state index contributed by atoms with van der Waals surface area (Å²) in [6, 6.07) is 6.45. The number of rotatable bonds is 16. The minimum atomic E-state index is -1.11. The van der Waals surface area contributed by atoms with Gasteiger partial charge in [-0.2, -0.15) is 0 Å². The number of aliphatic hydroxyl groups excluding tert-OH is 1. The first-order chi connectivity index (χ1) is 20.2. The van der Waals surface area contributed by atoms with Gasteiger partial charge in [0.15, 0.2) is 0 Å². The van der Waals surface area contributed by atoms with Crippen LogP contribution in [0.1, 0.15) is 59.3 Å². The van der Waals surface area contributed by atoms with E-state index in [0.29, 0.717) is 50.4 Å². The Hall–Kier alpha value is -3.17. The zero-order valence-corrected chi connectivity index (χ0v) is 25.4. The molecule has 230 valence electrons. The Kier molecular flexibility index (Phi) is 10.1.